The van der Waals surface area contributed by atoms with Gasteiger partial charge in [-0.05, 0) is 51.1 Å². The maximum atomic E-state index is 13.8. The fourth-order valence-electron chi connectivity index (χ4n) is 11.4. The smallest absolute Gasteiger partial charge is 0.167 e. The maximum absolute atomic E-state index is 13.8. The van der Waals surface area contributed by atoms with Gasteiger partial charge in [-0.1, -0.05) is 206 Å². The lowest BCUT2D eigenvalue weighted by Crippen LogP contribution is -2.39. The zero-order valence-electron chi connectivity index (χ0n) is 45.9. The van der Waals surface area contributed by atoms with E-state index in [2.05, 4.69) is 29.9 Å². The first-order valence-corrected chi connectivity index (χ1v) is 28.0. The summed E-state index contributed by atoms with van der Waals surface area (Å²) in [5, 5.41) is 44.7. The second-order valence-corrected chi connectivity index (χ2v) is 21.1. The number of benzene rings is 7. The van der Waals surface area contributed by atoms with E-state index in [-0.39, 0.29) is 24.2 Å². The molecule has 7 aromatic carbocycles. The van der Waals surface area contributed by atoms with Gasteiger partial charge in [-0.15, -0.1) is 0 Å². The molecule has 2 fully saturated rings. The second kappa shape index (κ2) is 24.9. The number of rotatable bonds is 17. The molecule has 0 amide bonds. The summed E-state index contributed by atoms with van der Waals surface area (Å²) in [5.74, 6) is 0.218. The van der Waals surface area contributed by atoms with Crippen LogP contribution in [0.5, 0.6) is 0 Å². The molecule has 13 rings (SSSR count). The highest BCUT2D eigenvalue weighted by atomic mass is 35.5. The number of nitrogens with zero attached hydrogens (tertiary/aromatic N) is 9. The van der Waals surface area contributed by atoms with Crippen molar-refractivity contribution >= 4 is 39.7 Å². The number of hydrogen-bond donors (Lipinski definition) is 4. The minimum absolute atomic E-state index is 0.00419. The normalized spacial score (nSPS) is 20.6. The van der Waals surface area contributed by atoms with Crippen LogP contribution in [0.15, 0.2) is 232 Å². The lowest BCUT2D eigenvalue weighted by Gasteiger charge is -2.37. The Morgan fingerprint density at radius 3 is 1.26 bits per heavy atom. The van der Waals surface area contributed by atoms with Gasteiger partial charge in [-0.3, -0.25) is 9.13 Å². The Hall–Kier alpha value is -8.66. The summed E-state index contributed by atoms with van der Waals surface area (Å²) in [6.45, 7) is 0.357. The molecule has 0 unspecified atom stereocenters. The molecule has 0 saturated carbocycles. The molecular weight excluding hydrogens is 1100 g/mol. The van der Waals surface area contributed by atoms with Crippen molar-refractivity contribution in [3.8, 4) is 0 Å². The third-order valence-corrected chi connectivity index (χ3v) is 15.8. The Kier molecular flexibility index (Phi) is 16.6. The van der Waals surface area contributed by atoms with Gasteiger partial charge in [0.25, 0.3) is 0 Å². The standard InChI is InChI=1S/C37H34FN5O4.C29H25ClN4O4/c1-42(21-25-12-11-19-29(38)20-25)34-31-35(40-23-39-34)43(24-41-31)36-33(45)32(44)30(47-36)22-46-37(26-13-5-2-6-14-26,27-15-7-3-8-16-27)28-17-9-4-10-18-28;30-26-23-27(32-17-31-26)34(18-33-23)28-25(36)24(35)22(38-28)16-37-29(19-10-4-1-5-11-19,20-12-6-2-7-13-20)21-14-8-3-9-15-21/h2-20,23-24,30,32-33,36,44-45H,21-22H2,1H3;1-15,17-18,22,24-25,28,35-36H,16H2/t30-,32-,33-,36-;22-,24-,25-,28-/m11/s1. The van der Waals surface area contributed by atoms with E-state index in [1.807, 2.05) is 200 Å². The largest absolute Gasteiger partial charge is 0.387 e. The Morgan fingerprint density at radius 2 is 0.859 bits per heavy atom. The average molecular weight is 1160 g/mol. The van der Waals surface area contributed by atoms with E-state index in [4.69, 9.17) is 30.5 Å². The van der Waals surface area contributed by atoms with Crippen molar-refractivity contribution < 1.29 is 43.8 Å². The number of aliphatic hydroxyl groups excluding tert-OH is 4. The third kappa shape index (κ3) is 11.1. The van der Waals surface area contributed by atoms with E-state index in [1.54, 1.807) is 15.2 Å². The number of imidazole rings is 2. The summed E-state index contributed by atoms with van der Waals surface area (Å²) in [6, 6.07) is 66.0. The van der Waals surface area contributed by atoms with Gasteiger partial charge in [0, 0.05) is 13.6 Å². The number of ether oxygens (including phenoxy) is 4. The van der Waals surface area contributed by atoms with Gasteiger partial charge in [0.15, 0.2) is 40.2 Å². The first-order chi connectivity index (χ1) is 41.5. The first-order valence-electron chi connectivity index (χ1n) is 27.7. The minimum Gasteiger partial charge on any atom is -0.387 e. The van der Waals surface area contributed by atoms with Crippen LogP contribution in [0.2, 0.25) is 5.15 Å². The van der Waals surface area contributed by atoms with Crippen molar-refractivity contribution in [3.63, 3.8) is 0 Å². The van der Waals surface area contributed by atoms with Gasteiger partial charge in [0.2, 0.25) is 0 Å². The lowest BCUT2D eigenvalue weighted by molar-refractivity contribution is -0.0942. The number of hydrogen-bond acceptors (Lipinski definition) is 15. The van der Waals surface area contributed by atoms with Crippen LogP contribution >= 0.6 is 11.6 Å². The van der Waals surface area contributed by atoms with E-state index in [0.717, 1.165) is 38.9 Å². The molecule has 19 heteroatoms. The summed E-state index contributed by atoms with van der Waals surface area (Å²) in [5.41, 5.74) is 5.96. The molecule has 2 aliphatic rings. The summed E-state index contributed by atoms with van der Waals surface area (Å²) < 4.78 is 43.1. The molecule has 17 nitrogen and oxygen atoms in total. The molecule has 0 radical (unpaired) electrons. The Morgan fingerprint density at radius 1 is 0.482 bits per heavy atom. The van der Waals surface area contributed by atoms with Crippen LogP contribution in [-0.2, 0) is 36.7 Å². The van der Waals surface area contributed by atoms with Crippen LogP contribution in [-0.4, -0.2) is 116 Å². The van der Waals surface area contributed by atoms with Crippen LogP contribution < -0.4 is 4.90 Å². The van der Waals surface area contributed by atoms with Gasteiger partial charge >= 0.3 is 0 Å². The van der Waals surface area contributed by atoms with Crippen LogP contribution in [0.25, 0.3) is 22.3 Å². The number of fused-ring (bicyclic) bond motifs is 2. The number of halogens is 2. The predicted molar refractivity (Wildman–Crippen MR) is 316 cm³/mol. The zero-order valence-corrected chi connectivity index (χ0v) is 46.6. The molecule has 4 aromatic heterocycles. The topological polar surface area (TPSA) is 208 Å². The monoisotopic (exact) mass is 1160 g/mol. The van der Waals surface area contributed by atoms with Crippen LogP contribution in [0.3, 0.4) is 0 Å². The molecule has 4 N–H and O–H groups in total. The predicted octanol–water partition coefficient (Wildman–Crippen LogP) is 9.34. The van der Waals surface area contributed by atoms with Crippen molar-refractivity contribution in [3.05, 3.63) is 281 Å². The molecule has 0 bridgehead atoms. The molecule has 0 spiro atoms. The van der Waals surface area contributed by atoms with E-state index in [1.165, 1.54) is 37.4 Å². The molecule has 8 atom stereocenters. The quantitative estimate of drug-likeness (QED) is 0.0495. The highest BCUT2D eigenvalue weighted by Gasteiger charge is 2.49. The highest BCUT2D eigenvalue weighted by molar-refractivity contribution is 6.33. The Bertz CT molecular complexity index is 3780. The molecule has 11 aromatic rings. The van der Waals surface area contributed by atoms with Crippen LogP contribution in [0, 0.1) is 5.82 Å². The SMILES string of the molecule is CN(Cc1cccc(F)c1)c1ncnc2c1ncn2[C@@H]1O[C@H](COC(c2ccccc2)(c2ccccc2)c2ccccc2)[C@@H](O)[C@H]1O.O[C@@H]1[C@H](O)[C@@H](COC(c2ccccc2)(c2ccccc2)c2ccccc2)O[C@H]1n1cnc2c(Cl)ncnc21. The van der Waals surface area contributed by atoms with Crippen LogP contribution in [0.4, 0.5) is 10.2 Å². The number of aliphatic hydroxyl groups is 4. The summed E-state index contributed by atoms with van der Waals surface area (Å²) in [6.07, 6.45) is -2.92. The summed E-state index contributed by atoms with van der Waals surface area (Å²) >= 11 is 6.15. The molecule has 6 heterocycles. The van der Waals surface area contributed by atoms with Crippen molar-refractivity contribution in [2.75, 3.05) is 25.2 Å². The highest BCUT2D eigenvalue weighted by Crippen LogP contribution is 2.44. The molecule has 430 valence electrons. The van der Waals surface area contributed by atoms with Crippen molar-refractivity contribution in [1.82, 2.24) is 39.0 Å². The first kappa shape index (κ1) is 56.8. The lowest BCUT2D eigenvalue weighted by atomic mass is 9.80. The fraction of sp³-hybridized carbons (Fsp3) is 0.212. The van der Waals surface area contributed by atoms with Gasteiger partial charge in [0.1, 0.15) is 71.8 Å². The van der Waals surface area contributed by atoms with Gasteiger partial charge in [-0.25, -0.2) is 34.3 Å². The molecule has 2 saturated heterocycles. The average Bonchev–Trinajstić information content (AvgIpc) is 2.23. The second-order valence-electron chi connectivity index (χ2n) is 20.8. The Balaban J connectivity index is 0.000000171. The van der Waals surface area contributed by atoms with Crippen molar-refractivity contribution in [1.29, 1.82) is 0 Å². The molecule has 85 heavy (non-hydrogen) atoms. The van der Waals surface area contributed by atoms with Gasteiger partial charge < -0.3 is 44.3 Å². The van der Waals surface area contributed by atoms with E-state index < -0.39 is 60.3 Å². The molecule has 0 aliphatic carbocycles. The zero-order chi connectivity index (χ0) is 58.5. The fourth-order valence-corrected chi connectivity index (χ4v) is 11.6. The van der Waals surface area contributed by atoms with Gasteiger partial charge in [-0.2, -0.15) is 0 Å². The van der Waals surface area contributed by atoms with E-state index in [0.29, 0.717) is 34.7 Å². The van der Waals surface area contributed by atoms with Crippen molar-refractivity contribution in [2.45, 2.75) is 66.8 Å². The van der Waals surface area contributed by atoms with Crippen molar-refractivity contribution in [2.24, 2.45) is 0 Å². The summed E-state index contributed by atoms with van der Waals surface area (Å²) in [7, 11) is 1.84. The third-order valence-electron chi connectivity index (χ3n) is 15.6. The van der Waals surface area contributed by atoms with E-state index in [9.17, 15) is 24.8 Å². The Labute approximate surface area is 493 Å². The molecule has 2 aliphatic heterocycles. The van der Waals surface area contributed by atoms with E-state index >= 15 is 0 Å². The maximum Gasteiger partial charge on any atom is 0.167 e. The molecular formula is C66H59ClFN9O8. The van der Waals surface area contributed by atoms with Gasteiger partial charge in [0.05, 0.1) is 25.9 Å². The van der Waals surface area contributed by atoms with Crippen LogP contribution in [0.1, 0.15) is 51.4 Å². The summed E-state index contributed by atoms with van der Waals surface area (Å²) in [4.78, 5) is 27.7. The minimum atomic E-state index is -1.29. The number of aromatic nitrogens is 8. The number of anilines is 1.